The van der Waals surface area contributed by atoms with Gasteiger partial charge in [0.1, 0.15) is 11.6 Å². The number of rotatable bonds is 3. The third kappa shape index (κ3) is 2.97. The highest BCUT2D eigenvalue weighted by Crippen LogP contribution is 2.39. The molecule has 1 amide bonds. The maximum Gasteiger partial charge on any atom is 0.237 e. The summed E-state index contributed by atoms with van der Waals surface area (Å²) in [5.74, 6) is 3.08. The van der Waals surface area contributed by atoms with Gasteiger partial charge >= 0.3 is 0 Å². The predicted molar refractivity (Wildman–Crippen MR) is 91.0 cm³/mol. The van der Waals surface area contributed by atoms with E-state index in [-0.39, 0.29) is 12.0 Å². The lowest BCUT2D eigenvalue weighted by atomic mass is 9.90. The van der Waals surface area contributed by atoms with Crippen LogP contribution in [0.1, 0.15) is 56.1 Å². The minimum Gasteiger partial charge on any atom is -0.374 e. The lowest BCUT2D eigenvalue weighted by molar-refractivity contribution is -0.151. The fraction of sp³-hybridized carbons (Fsp3) is 0.833. The average molecular weight is 345 g/mol. The molecule has 1 aromatic rings. The summed E-state index contributed by atoms with van der Waals surface area (Å²) in [4.78, 5) is 17.3. The maximum atomic E-state index is 12.9. The zero-order valence-electron chi connectivity index (χ0n) is 14.8. The molecule has 136 valence electrons. The monoisotopic (exact) mass is 345 g/mol. The molecule has 0 bridgehead atoms. The van der Waals surface area contributed by atoms with Gasteiger partial charge in [-0.2, -0.15) is 0 Å². The number of ether oxygens (including phenoxy) is 1. The zero-order valence-corrected chi connectivity index (χ0v) is 14.8. The van der Waals surface area contributed by atoms with E-state index in [1.165, 1.54) is 31.5 Å². The fourth-order valence-electron chi connectivity index (χ4n) is 4.70. The molecule has 0 N–H and O–H groups in total. The molecule has 2 saturated carbocycles. The van der Waals surface area contributed by atoms with Gasteiger partial charge in [0.05, 0.1) is 31.8 Å². The summed E-state index contributed by atoms with van der Waals surface area (Å²) in [6.45, 7) is 4.49. The Morgan fingerprint density at radius 1 is 1.08 bits per heavy atom. The molecule has 3 fully saturated rings. The molecule has 1 saturated heterocycles. The Hall–Kier alpha value is -1.47. The van der Waals surface area contributed by atoms with Gasteiger partial charge in [0.2, 0.25) is 5.91 Å². The van der Waals surface area contributed by atoms with Gasteiger partial charge < -0.3 is 14.2 Å². The number of aromatic nitrogens is 3. The van der Waals surface area contributed by atoms with Crippen LogP contribution in [0.15, 0.2) is 0 Å². The molecule has 0 aromatic carbocycles. The SMILES string of the molecule is O=C(CN1CCn2c(nnc2C2CC2)C1)N1CCOC2CCCCC21. The van der Waals surface area contributed by atoms with Crippen molar-refractivity contribution < 1.29 is 9.53 Å². The van der Waals surface area contributed by atoms with E-state index < -0.39 is 0 Å². The van der Waals surface area contributed by atoms with Crippen molar-refractivity contribution in [3.63, 3.8) is 0 Å². The number of carbonyl (C=O) groups excluding carboxylic acids is 1. The molecule has 4 aliphatic rings. The van der Waals surface area contributed by atoms with Crippen LogP contribution in [-0.2, 0) is 22.6 Å². The van der Waals surface area contributed by atoms with Crippen LogP contribution in [0.5, 0.6) is 0 Å². The lowest BCUT2D eigenvalue weighted by Crippen LogP contribution is -2.57. The first kappa shape index (κ1) is 15.8. The predicted octanol–water partition coefficient (Wildman–Crippen LogP) is 1.14. The van der Waals surface area contributed by atoms with Gasteiger partial charge in [-0.05, 0) is 25.7 Å². The summed E-state index contributed by atoms with van der Waals surface area (Å²) in [6.07, 6.45) is 7.40. The van der Waals surface area contributed by atoms with E-state index in [1.807, 2.05) is 0 Å². The molecule has 2 atom stereocenters. The van der Waals surface area contributed by atoms with Crippen LogP contribution in [0.3, 0.4) is 0 Å². The number of nitrogens with zero attached hydrogens (tertiary/aromatic N) is 5. The van der Waals surface area contributed by atoms with E-state index in [1.54, 1.807) is 0 Å². The standard InChI is InChI=1S/C18H27N5O2/c24-17(22-9-10-25-15-4-2-1-3-14(15)22)12-21-7-8-23-16(11-21)19-20-18(23)13-5-6-13/h13-15H,1-12H2. The largest absolute Gasteiger partial charge is 0.374 e. The van der Waals surface area contributed by atoms with E-state index in [9.17, 15) is 4.79 Å². The molecule has 7 heteroatoms. The van der Waals surface area contributed by atoms with Crippen molar-refractivity contribution in [1.82, 2.24) is 24.6 Å². The minimum absolute atomic E-state index is 0.260. The van der Waals surface area contributed by atoms with Crippen LogP contribution < -0.4 is 0 Å². The third-order valence-electron chi connectivity index (χ3n) is 6.21. The summed E-state index contributed by atoms with van der Waals surface area (Å²) >= 11 is 0. The number of morpholine rings is 1. The summed E-state index contributed by atoms with van der Waals surface area (Å²) in [5, 5.41) is 8.77. The highest BCUT2D eigenvalue weighted by Gasteiger charge is 2.37. The molecule has 0 radical (unpaired) electrons. The van der Waals surface area contributed by atoms with Gasteiger partial charge in [0.15, 0.2) is 0 Å². The van der Waals surface area contributed by atoms with Crippen LogP contribution in [0.2, 0.25) is 0 Å². The fourth-order valence-corrected chi connectivity index (χ4v) is 4.70. The second-order valence-electron chi connectivity index (χ2n) is 7.96. The first-order valence-corrected chi connectivity index (χ1v) is 9.85. The Labute approximate surface area is 148 Å². The average Bonchev–Trinajstić information content (AvgIpc) is 3.40. The van der Waals surface area contributed by atoms with E-state index >= 15 is 0 Å². The molecule has 5 rings (SSSR count). The van der Waals surface area contributed by atoms with Crippen molar-refractivity contribution in [3.05, 3.63) is 11.6 Å². The number of fused-ring (bicyclic) bond motifs is 2. The van der Waals surface area contributed by atoms with E-state index in [2.05, 4.69) is 24.6 Å². The zero-order chi connectivity index (χ0) is 16.8. The first-order valence-electron chi connectivity index (χ1n) is 9.85. The number of carbonyl (C=O) groups is 1. The quantitative estimate of drug-likeness (QED) is 0.822. The summed E-state index contributed by atoms with van der Waals surface area (Å²) in [5.41, 5.74) is 0. The Balaban J connectivity index is 1.23. The second kappa shape index (κ2) is 6.36. The van der Waals surface area contributed by atoms with Gasteiger partial charge in [0, 0.05) is 25.6 Å². The van der Waals surface area contributed by atoms with Crippen LogP contribution in [0, 0.1) is 0 Å². The molecular formula is C18H27N5O2. The number of hydrogen-bond acceptors (Lipinski definition) is 5. The van der Waals surface area contributed by atoms with Crippen molar-refractivity contribution >= 4 is 5.91 Å². The van der Waals surface area contributed by atoms with Gasteiger partial charge in [-0.1, -0.05) is 12.8 Å². The molecule has 1 aromatic heterocycles. The van der Waals surface area contributed by atoms with Crippen LogP contribution >= 0.6 is 0 Å². The second-order valence-corrected chi connectivity index (χ2v) is 7.96. The maximum absolute atomic E-state index is 12.9. The molecule has 2 unspecified atom stereocenters. The summed E-state index contributed by atoms with van der Waals surface area (Å²) < 4.78 is 8.18. The van der Waals surface area contributed by atoms with Crippen LogP contribution in [0.4, 0.5) is 0 Å². The van der Waals surface area contributed by atoms with Crippen LogP contribution in [0.25, 0.3) is 0 Å². The first-order chi connectivity index (χ1) is 12.3. The topological polar surface area (TPSA) is 63.5 Å². The van der Waals surface area contributed by atoms with Gasteiger partial charge in [0.25, 0.3) is 0 Å². The van der Waals surface area contributed by atoms with Crippen molar-refractivity contribution in [2.45, 2.75) is 69.7 Å². The Bertz CT molecular complexity index is 654. The van der Waals surface area contributed by atoms with Crippen molar-refractivity contribution in [2.75, 3.05) is 26.2 Å². The summed E-state index contributed by atoms with van der Waals surface area (Å²) in [7, 11) is 0. The Kier molecular flexibility index (Phi) is 4.01. The minimum atomic E-state index is 0.260. The van der Waals surface area contributed by atoms with Crippen molar-refractivity contribution in [3.8, 4) is 0 Å². The molecule has 3 heterocycles. The Morgan fingerprint density at radius 2 is 1.96 bits per heavy atom. The van der Waals surface area contributed by atoms with Crippen LogP contribution in [-0.4, -0.2) is 68.9 Å². The van der Waals surface area contributed by atoms with E-state index in [0.29, 0.717) is 25.1 Å². The van der Waals surface area contributed by atoms with Gasteiger partial charge in [-0.25, -0.2) is 0 Å². The number of hydrogen-bond donors (Lipinski definition) is 0. The molecule has 2 aliphatic heterocycles. The molecule has 25 heavy (non-hydrogen) atoms. The van der Waals surface area contributed by atoms with E-state index in [4.69, 9.17) is 4.74 Å². The summed E-state index contributed by atoms with van der Waals surface area (Å²) in [6, 6.07) is 0.296. The third-order valence-corrected chi connectivity index (χ3v) is 6.21. The Morgan fingerprint density at radius 3 is 2.84 bits per heavy atom. The van der Waals surface area contributed by atoms with Gasteiger partial charge in [-0.15, -0.1) is 10.2 Å². The van der Waals surface area contributed by atoms with Crippen molar-refractivity contribution in [1.29, 1.82) is 0 Å². The lowest BCUT2D eigenvalue weighted by Gasteiger charge is -2.44. The molecule has 2 aliphatic carbocycles. The molecule has 0 spiro atoms. The molecule has 7 nitrogen and oxygen atoms in total. The molecular weight excluding hydrogens is 318 g/mol. The number of amides is 1. The highest BCUT2D eigenvalue weighted by atomic mass is 16.5. The van der Waals surface area contributed by atoms with Crippen molar-refractivity contribution in [2.24, 2.45) is 0 Å². The normalized spacial score (nSPS) is 30.0. The smallest absolute Gasteiger partial charge is 0.237 e. The highest BCUT2D eigenvalue weighted by molar-refractivity contribution is 5.78. The van der Waals surface area contributed by atoms with Gasteiger partial charge in [-0.3, -0.25) is 9.69 Å². The van der Waals surface area contributed by atoms with E-state index in [0.717, 1.165) is 44.8 Å².